The van der Waals surface area contributed by atoms with Gasteiger partial charge in [-0.25, -0.2) is 0 Å². The second-order valence-electron chi connectivity index (χ2n) is 5.11. The zero-order chi connectivity index (χ0) is 20.9. The molecule has 0 atom stereocenters. The highest BCUT2D eigenvalue weighted by Crippen LogP contribution is 2.37. The first-order valence-corrected chi connectivity index (χ1v) is 10.8. The largest absolute Gasteiger partial charge is 0.298 e. The molecule has 0 fully saturated rings. The van der Waals surface area contributed by atoms with Crippen LogP contribution in [0.1, 0.15) is 11.1 Å². The lowest BCUT2D eigenvalue weighted by atomic mass is 10.1. The molecule has 0 radical (unpaired) electrons. The summed E-state index contributed by atoms with van der Waals surface area (Å²) in [6, 6.07) is 8.11. The van der Waals surface area contributed by atoms with Crippen LogP contribution in [-0.2, 0) is 20.2 Å². The van der Waals surface area contributed by atoms with Gasteiger partial charge in [-0.05, 0) is 48.2 Å². The molecule has 0 amide bonds. The summed E-state index contributed by atoms with van der Waals surface area (Å²) in [4.78, 5) is 6.36. The Balaban J connectivity index is 2.69. The first-order chi connectivity index (χ1) is 13.1. The summed E-state index contributed by atoms with van der Waals surface area (Å²) >= 11 is 9.01. The zero-order valence-electron chi connectivity index (χ0n) is 13.7. The van der Waals surface area contributed by atoms with Crippen LogP contribution in [0.2, 0.25) is 0 Å². The Morgan fingerprint density at radius 1 is 0.893 bits per heavy atom. The van der Waals surface area contributed by atoms with E-state index in [4.69, 9.17) is 4.55 Å². The van der Waals surface area contributed by atoms with Crippen LogP contribution in [0.3, 0.4) is 0 Å². The quantitative estimate of drug-likeness (QED) is 0.291. The third-order valence-electron chi connectivity index (χ3n) is 3.33. The second kappa shape index (κ2) is 8.74. The SMILES string of the molecule is O=S(=O)(O)c1cccc(C=Cc2ccc(N=C=S)c(S(=O)(=O)O)c2N=C=S)c1. The Hall–Kier alpha value is -2.40. The maximum atomic E-state index is 11.8. The van der Waals surface area contributed by atoms with E-state index in [2.05, 4.69) is 34.4 Å². The summed E-state index contributed by atoms with van der Waals surface area (Å²) in [5.41, 5.74) is 0.186. The van der Waals surface area contributed by atoms with Gasteiger partial charge in [0, 0.05) is 5.56 Å². The van der Waals surface area contributed by atoms with Crippen molar-refractivity contribution in [3.63, 3.8) is 0 Å². The molecule has 28 heavy (non-hydrogen) atoms. The van der Waals surface area contributed by atoms with Crippen LogP contribution in [0.25, 0.3) is 12.2 Å². The Morgan fingerprint density at radius 2 is 1.57 bits per heavy atom. The molecule has 0 bridgehead atoms. The highest BCUT2D eigenvalue weighted by molar-refractivity contribution is 7.86. The van der Waals surface area contributed by atoms with Crippen LogP contribution in [0.15, 0.2) is 56.2 Å². The van der Waals surface area contributed by atoms with E-state index in [1.165, 1.54) is 42.5 Å². The summed E-state index contributed by atoms with van der Waals surface area (Å²) in [6.07, 6.45) is 2.86. The van der Waals surface area contributed by atoms with E-state index in [1.807, 2.05) is 10.3 Å². The van der Waals surface area contributed by atoms with Gasteiger partial charge in [0.15, 0.2) is 0 Å². The zero-order valence-corrected chi connectivity index (χ0v) is 16.9. The smallest absolute Gasteiger partial charge is 0.282 e. The number of benzene rings is 2. The van der Waals surface area contributed by atoms with Crippen molar-refractivity contribution < 1.29 is 25.9 Å². The molecule has 12 heteroatoms. The summed E-state index contributed by atoms with van der Waals surface area (Å²) in [5.74, 6) is 0. The van der Waals surface area contributed by atoms with Gasteiger partial charge >= 0.3 is 0 Å². The van der Waals surface area contributed by atoms with Crippen molar-refractivity contribution in [2.75, 3.05) is 0 Å². The van der Waals surface area contributed by atoms with Gasteiger partial charge in [0.1, 0.15) is 10.6 Å². The molecule has 0 heterocycles. The minimum absolute atomic E-state index is 0.188. The number of rotatable bonds is 6. The van der Waals surface area contributed by atoms with Crippen LogP contribution in [0.4, 0.5) is 11.4 Å². The van der Waals surface area contributed by atoms with Gasteiger partial charge in [-0.2, -0.15) is 26.8 Å². The van der Waals surface area contributed by atoms with Gasteiger partial charge in [-0.15, -0.1) is 0 Å². The Bertz CT molecular complexity index is 1270. The van der Waals surface area contributed by atoms with E-state index in [0.717, 1.165) is 0 Å². The van der Waals surface area contributed by atoms with E-state index in [0.29, 0.717) is 5.56 Å². The topological polar surface area (TPSA) is 133 Å². The number of thiocarbonyl (C=S) groups is 2. The maximum absolute atomic E-state index is 11.8. The summed E-state index contributed by atoms with van der Waals surface area (Å²) in [5, 5.41) is 4.04. The number of aliphatic imine (C=N–C) groups is 2. The third kappa shape index (κ3) is 5.32. The molecular formula is C16H10N2O6S4. The van der Waals surface area contributed by atoms with Crippen molar-refractivity contribution in [2.24, 2.45) is 9.98 Å². The number of hydrogen-bond donors (Lipinski definition) is 2. The van der Waals surface area contributed by atoms with Gasteiger partial charge in [0.2, 0.25) is 0 Å². The number of isothiocyanates is 2. The fraction of sp³-hybridized carbons (Fsp3) is 0. The molecule has 8 nitrogen and oxygen atoms in total. The summed E-state index contributed by atoms with van der Waals surface area (Å²) in [6.45, 7) is 0. The molecular weight excluding hydrogens is 444 g/mol. The Kier molecular flexibility index (Phi) is 6.83. The van der Waals surface area contributed by atoms with Crippen LogP contribution >= 0.6 is 24.4 Å². The minimum Gasteiger partial charge on any atom is -0.282 e. The third-order valence-corrected chi connectivity index (χ3v) is 5.29. The van der Waals surface area contributed by atoms with Gasteiger partial charge in [-0.3, -0.25) is 9.11 Å². The molecule has 2 rings (SSSR count). The standard InChI is InChI=1S/C16H10N2O6S4/c19-27(20,21)13-3-1-2-11(8-13)4-5-12-6-7-14(17-9-25)16(28(22,23)24)15(12)18-10-26/h1-8H,(H,19,20,21)(H,22,23,24). The average molecular weight is 455 g/mol. The maximum Gasteiger partial charge on any atom is 0.298 e. The van der Waals surface area contributed by atoms with Crippen molar-refractivity contribution in [1.82, 2.24) is 0 Å². The molecule has 0 aliphatic heterocycles. The molecule has 0 aliphatic rings. The van der Waals surface area contributed by atoms with Gasteiger partial charge in [0.05, 0.1) is 20.9 Å². The first kappa shape index (κ1) is 21.9. The molecule has 2 aromatic carbocycles. The van der Waals surface area contributed by atoms with E-state index < -0.39 is 25.1 Å². The fourth-order valence-electron chi connectivity index (χ4n) is 2.23. The van der Waals surface area contributed by atoms with Crippen LogP contribution in [-0.4, -0.2) is 36.3 Å². The summed E-state index contributed by atoms with van der Waals surface area (Å²) < 4.78 is 64.7. The predicted molar refractivity (Wildman–Crippen MR) is 111 cm³/mol. The van der Waals surface area contributed by atoms with Crippen molar-refractivity contribution in [3.8, 4) is 0 Å². The highest BCUT2D eigenvalue weighted by atomic mass is 32.2. The molecule has 2 aromatic rings. The molecule has 0 spiro atoms. The lowest BCUT2D eigenvalue weighted by Gasteiger charge is -2.08. The molecule has 0 unspecified atom stereocenters. The second-order valence-corrected chi connectivity index (χ2v) is 8.26. The van der Waals surface area contributed by atoms with Gasteiger partial charge < -0.3 is 0 Å². The minimum atomic E-state index is -4.75. The van der Waals surface area contributed by atoms with Crippen molar-refractivity contribution in [1.29, 1.82) is 0 Å². The van der Waals surface area contributed by atoms with Crippen LogP contribution in [0.5, 0.6) is 0 Å². The first-order valence-electron chi connectivity index (χ1n) is 7.14. The van der Waals surface area contributed by atoms with E-state index in [1.54, 1.807) is 6.07 Å². The Morgan fingerprint density at radius 3 is 2.14 bits per heavy atom. The van der Waals surface area contributed by atoms with Crippen molar-refractivity contribution >= 4 is 78.5 Å². The highest BCUT2D eigenvalue weighted by Gasteiger charge is 2.23. The molecule has 0 aromatic heterocycles. The molecule has 0 saturated heterocycles. The van der Waals surface area contributed by atoms with E-state index >= 15 is 0 Å². The summed E-state index contributed by atoms with van der Waals surface area (Å²) in [7, 11) is -9.13. The number of hydrogen-bond acceptors (Lipinski definition) is 8. The lowest BCUT2D eigenvalue weighted by molar-refractivity contribution is 0.481. The van der Waals surface area contributed by atoms with Gasteiger partial charge in [0.25, 0.3) is 20.2 Å². The number of nitrogens with zero attached hydrogens (tertiary/aromatic N) is 2. The van der Waals surface area contributed by atoms with Crippen molar-refractivity contribution in [2.45, 2.75) is 9.79 Å². The van der Waals surface area contributed by atoms with Crippen LogP contribution in [0, 0.1) is 0 Å². The lowest BCUT2D eigenvalue weighted by Crippen LogP contribution is -2.00. The molecule has 144 valence electrons. The predicted octanol–water partition coefficient (Wildman–Crippen LogP) is 3.82. The fourth-order valence-corrected chi connectivity index (χ4v) is 3.74. The average Bonchev–Trinajstić information content (AvgIpc) is 2.60. The van der Waals surface area contributed by atoms with E-state index in [-0.39, 0.29) is 21.8 Å². The van der Waals surface area contributed by atoms with E-state index in [9.17, 15) is 21.4 Å². The normalized spacial score (nSPS) is 11.6. The molecule has 0 aliphatic carbocycles. The monoisotopic (exact) mass is 454 g/mol. The molecule has 2 N–H and O–H groups in total. The molecule has 0 saturated carbocycles. The van der Waals surface area contributed by atoms with Gasteiger partial charge in [-0.1, -0.05) is 30.4 Å². The van der Waals surface area contributed by atoms with Crippen molar-refractivity contribution in [3.05, 3.63) is 47.5 Å². The Labute approximate surface area is 171 Å². The van der Waals surface area contributed by atoms with Crippen LogP contribution < -0.4 is 0 Å².